The number of nitrogens with two attached hydrogens (primary N) is 1. The lowest BCUT2D eigenvalue weighted by molar-refractivity contribution is 0.789. The molecule has 2 aromatic heterocycles. The third-order valence-corrected chi connectivity index (χ3v) is 1.97. The van der Waals surface area contributed by atoms with Gasteiger partial charge in [0.05, 0.1) is 6.54 Å². The molecular formula is C9H11N5O. The summed E-state index contributed by atoms with van der Waals surface area (Å²) < 4.78 is 1.20. The normalized spacial score (nSPS) is 10.5. The number of hydrogen-bond acceptors (Lipinski definition) is 4. The molecule has 0 amide bonds. The van der Waals surface area contributed by atoms with Gasteiger partial charge in [0.2, 0.25) is 0 Å². The Hall–Kier alpha value is -1.95. The maximum atomic E-state index is 11.4. The van der Waals surface area contributed by atoms with Crippen LogP contribution in [-0.4, -0.2) is 19.7 Å². The average molecular weight is 205 g/mol. The Morgan fingerprint density at radius 2 is 2.33 bits per heavy atom. The average Bonchev–Trinajstić information content (AvgIpc) is 2.61. The molecule has 0 saturated heterocycles. The molecule has 2 rings (SSSR count). The highest BCUT2D eigenvalue weighted by Crippen LogP contribution is 2.01. The summed E-state index contributed by atoms with van der Waals surface area (Å²) in [6, 6.07) is 3.60. The van der Waals surface area contributed by atoms with Gasteiger partial charge in [-0.25, -0.2) is 9.78 Å². The summed E-state index contributed by atoms with van der Waals surface area (Å²) in [6.07, 6.45) is 1.68. The first-order valence-electron chi connectivity index (χ1n) is 4.52. The minimum atomic E-state index is -0.327. The van der Waals surface area contributed by atoms with Crippen molar-refractivity contribution in [3.05, 3.63) is 40.2 Å². The number of H-pyrrole nitrogens is 1. The van der Waals surface area contributed by atoms with E-state index in [2.05, 4.69) is 15.1 Å². The van der Waals surface area contributed by atoms with Crippen LogP contribution in [-0.2, 0) is 6.54 Å². The molecule has 6 nitrogen and oxygen atoms in total. The summed E-state index contributed by atoms with van der Waals surface area (Å²) >= 11 is 0. The lowest BCUT2D eigenvalue weighted by Gasteiger charge is -1.97. The van der Waals surface area contributed by atoms with Gasteiger partial charge in [-0.1, -0.05) is 6.07 Å². The number of nitrogens with one attached hydrogen (secondary N) is 1. The Morgan fingerprint density at radius 3 is 2.87 bits per heavy atom. The molecule has 0 aliphatic rings. The second-order valence-electron chi connectivity index (χ2n) is 3.19. The lowest BCUT2D eigenvalue weighted by Crippen LogP contribution is -2.16. The van der Waals surface area contributed by atoms with Gasteiger partial charge in [-0.2, -0.15) is 4.68 Å². The van der Waals surface area contributed by atoms with Crippen LogP contribution in [0.25, 0.3) is 5.82 Å². The molecular weight excluding hydrogens is 194 g/mol. The van der Waals surface area contributed by atoms with Crippen LogP contribution < -0.4 is 11.4 Å². The maximum absolute atomic E-state index is 11.4. The highest BCUT2D eigenvalue weighted by Gasteiger charge is 2.06. The first kappa shape index (κ1) is 9.60. The van der Waals surface area contributed by atoms with Crippen molar-refractivity contribution in [3.8, 4) is 5.82 Å². The molecule has 0 fully saturated rings. The first-order valence-corrected chi connectivity index (χ1v) is 4.52. The zero-order valence-electron chi connectivity index (χ0n) is 8.27. The molecule has 0 radical (unpaired) electrons. The van der Waals surface area contributed by atoms with Gasteiger partial charge in [-0.15, -0.1) is 5.10 Å². The number of rotatable bonds is 2. The third kappa shape index (κ3) is 1.79. The minimum absolute atomic E-state index is 0.202. The molecule has 0 aliphatic carbocycles. The van der Waals surface area contributed by atoms with E-state index in [9.17, 15) is 4.79 Å². The summed E-state index contributed by atoms with van der Waals surface area (Å²) in [4.78, 5) is 18.1. The fourth-order valence-corrected chi connectivity index (χ4v) is 1.20. The fraction of sp³-hybridized carbons (Fsp3) is 0.222. The van der Waals surface area contributed by atoms with Crippen molar-refractivity contribution >= 4 is 0 Å². The van der Waals surface area contributed by atoms with Gasteiger partial charge in [0.25, 0.3) is 0 Å². The molecule has 0 bridgehead atoms. The predicted molar refractivity (Wildman–Crippen MR) is 54.6 cm³/mol. The Morgan fingerprint density at radius 1 is 1.53 bits per heavy atom. The topological polar surface area (TPSA) is 89.6 Å². The van der Waals surface area contributed by atoms with E-state index in [0.717, 1.165) is 5.56 Å². The predicted octanol–water partition coefficient (Wildman–Crippen LogP) is -0.277. The number of aromatic nitrogens is 4. The Kier molecular flexibility index (Phi) is 2.34. The summed E-state index contributed by atoms with van der Waals surface area (Å²) in [6.45, 7) is 2.13. The highest BCUT2D eigenvalue weighted by molar-refractivity contribution is 5.23. The molecule has 6 heteroatoms. The molecule has 15 heavy (non-hydrogen) atoms. The molecule has 0 aliphatic heterocycles. The number of hydrogen-bond donors (Lipinski definition) is 2. The van der Waals surface area contributed by atoms with Gasteiger partial charge in [0.1, 0.15) is 5.82 Å². The summed E-state index contributed by atoms with van der Waals surface area (Å²) in [7, 11) is 0. The van der Waals surface area contributed by atoms with Gasteiger partial charge in [-0.3, -0.25) is 4.98 Å². The standard InChI is InChI=1S/C9H11N5O/c1-6-2-3-8(11-5-6)14-9(15)12-7(4-10)13-14/h2-3,5H,4,10H2,1H3,(H,12,13,15). The number of pyridine rings is 1. The van der Waals surface area contributed by atoms with E-state index in [-0.39, 0.29) is 12.2 Å². The molecule has 0 spiro atoms. The van der Waals surface area contributed by atoms with Crippen LogP contribution in [0.1, 0.15) is 11.4 Å². The van der Waals surface area contributed by atoms with E-state index < -0.39 is 0 Å². The van der Waals surface area contributed by atoms with E-state index in [1.165, 1.54) is 4.68 Å². The van der Waals surface area contributed by atoms with Gasteiger partial charge in [0.15, 0.2) is 5.82 Å². The summed E-state index contributed by atoms with van der Waals surface area (Å²) in [5, 5.41) is 3.99. The Balaban J connectivity index is 2.49. The second kappa shape index (κ2) is 3.66. The molecule has 2 heterocycles. The molecule has 0 saturated carbocycles. The van der Waals surface area contributed by atoms with Crippen LogP contribution in [0.15, 0.2) is 23.1 Å². The van der Waals surface area contributed by atoms with E-state index in [0.29, 0.717) is 11.6 Å². The number of aromatic amines is 1. The molecule has 0 aromatic carbocycles. The largest absolute Gasteiger partial charge is 0.349 e. The van der Waals surface area contributed by atoms with Crippen molar-refractivity contribution in [2.75, 3.05) is 0 Å². The van der Waals surface area contributed by atoms with Crippen LogP contribution in [0, 0.1) is 6.92 Å². The van der Waals surface area contributed by atoms with E-state index in [4.69, 9.17) is 5.73 Å². The summed E-state index contributed by atoms with van der Waals surface area (Å²) in [5.41, 5.74) is 6.07. The SMILES string of the molecule is Cc1ccc(-n2nc(CN)[nH]c2=O)nc1. The van der Waals surface area contributed by atoms with Crippen molar-refractivity contribution < 1.29 is 0 Å². The molecule has 78 valence electrons. The molecule has 3 N–H and O–H groups in total. The molecule has 0 unspecified atom stereocenters. The van der Waals surface area contributed by atoms with Gasteiger partial charge in [-0.05, 0) is 18.6 Å². The van der Waals surface area contributed by atoms with Crippen LogP contribution in [0.2, 0.25) is 0 Å². The van der Waals surface area contributed by atoms with E-state index >= 15 is 0 Å². The highest BCUT2D eigenvalue weighted by atomic mass is 16.2. The monoisotopic (exact) mass is 205 g/mol. The first-order chi connectivity index (χ1) is 7.20. The van der Waals surface area contributed by atoms with Crippen LogP contribution in [0.3, 0.4) is 0 Å². The zero-order valence-corrected chi connectivity index (χ0v) is 8.27. The number of nitrogens with zero attached hydrogens (tertiary/aromatic N) is 3. The minimum Gasteiger partial charge on any atom is -0.324 e. The smallest absolute Gasteiger partial charge is 0.324 e. The van der Waals surface area contributed by atoms with Crippen molar-refractivity contribution in [2.24, 2.45) is 5.73 Å². The van der Waals surface area contributed by atoms with Crippen molar-refractivity contribution in [1.29, 1.82) is 0 Å². The second-order valence-corrected chi connectivity index (χ2v) is 3.19. The lowest BCUT2D eigenvalue weighted by atomic mass is 10.3. The molecule has 0 atom stereocenters. The van der Waals surface area contributed by atoms with Crippen LogP contribution in [0.4, 0.5) is 0 Å². The maximum Gasteiger partial charge on any atom is 0.349 e. The number of aryl methyl sites for hydroxylation is 1. The quantitative estimate of drug-likeness (QED) is 0.705. The van der Waals surface area contributed by atoms with Crippen LogP contribution in [0.5, 0.6) is 0 Å². The Bertz CT molecular complexity index is 510. The zero-order chi connectivity index (χ0) is 10.8. The third-order valence-electron chi connectivity index (χ3n) is 1.97. The van der Waals surface area contributed by atoms with Crippen molar-refractivity contribution in [3.63, 3.8) is 0 Å². The van der Waals surface area contributed by atoms with Gasteiger partial charge in [0, 0.05) is 6.20 Å². The van der Waals surface area contributed by atoms with Crippen molar-refractivity contribution in [1.82, 2.24) is 19.7 Å². The van der Waals surface area contributed by atoms with Crippen molar-refractivity contribution in [2.45, 2.75) is 13.5 Å². The van der Waals surface area contributed by atoms with E-state index in [1.807, 2.05) is 13.0 Å². The molecule has 2 aromatic rings. The fourth-order valence-electron chi connectivity index (χ4n) is 1.20. The van der Waals surface area contributed by atoms with E-state index in [1.54, 1.807) is 12.3 Å². The van der Waals surface area contributed by atoms with Crippen LogP contribution >= 0.6 is 0 Å². The van der Waals surface area contributed by atoms with Gasteiger partial charge < -0.3 is 5.73 Å². The van der Waals surface area contributed by atoms with Gasteiger partial charge >= 0.3 is 5.69 Å². The summed E-state index contributed by atoms with van der Waals surface area (Å²) in [5.74, 6) is 0.934. The Labute approximate surface area is 85.8 Å².